The molecule has 1 saturated heterocycles. The van der Waals surface area contributed by atoms with Gasteiger partial charge in [0.05, 0.1) is 24.9 Å². The summed E-state index contributed by atoms with van der Waals surface area (Å²) in [4.78, 5) is 0. The molecule has 0 amide bonds. The maximum absolute atomic E-state index is 6.02. The molecule has 2 heteroatoms. The molecule has 95 valence electrons. The Balaban J connectivity index is 2.41. The molecule has 1 radical (unpaired) electrons. The Morgan fingerprint density at radius 3 is 2.31 bits per heavy atom. The quantitative estimate of drug-likeness (QED) is 0.730. The van der Waals surface area contributed by atoms with Gasteiger partial charge in [-0.15, -0.1) is 0 Å². The minimum Gasteiger partial charge on any atom is -0.373 e. The normalized spacial score (nSPS) is 31.7. The van der Waals surface area contributed by atoms with E-state index in [-0.39, 0.29) is 17.6 Å². The van der Waals surface area contributed by atoms with Crippen LogP contribution in [0.2, 0.25) is 0 Å². The smallest absolute Gasteiger partial charge is 0.0841 e. The minimum atomic E-state index is 0.257. The fraction of sp³-hybridized carbons (Fsp3) is 0.929. The molecule has 16 heavy (non-hydrogen) atoms. The van der Waals surface area contributed by atoms with Gasteiger partial charge in [-0.2, -0.15) is 0 Å². The Morgan fingerprint density at radius 2 is 1.81 bits per heavy atom. The molecule has 3 unspecified atom stereocenters. The summed E-state index contributed by atoms with van der Waals surface area (Å²) in [5, 5.41) is 0. The summed E-state index contributed by atoms with van der Waals surface area (Å²) in [6, 6.07) is 0. The molecule has 0 saturated carbocycles. The monoisotopic (exact) mass is 227 g/mol. The first-order valence-corrected chi connectivity index (χ1v) is 6.57. The van der Waals surface area contributed by atoms with Crippen LogP contribution < -0.4 is 0 Å². The Bertz CT molecular complexity index is 195. The van der Waals surface area contributed by atoms with Crippen LogP contribution in [-0.4, -0.2) is 24.9 Å². The third-order valence-corrected chi connectivity index (χ3v) is 3.10. The van der Waals surface area contributed by atoms with Crippen molar-refractivity contribution in [2.45, 2.75) is 72.2 Å². The summed E-state index contributed by atoms with van der Waals surface area (Å²) >= 11 is 0. The van der Waals surface area contributed by atoms with Gasteiger partial charge in [0.25, 0.3) is 0 Å². The summed E-state index contributed by atoms with van der Waals surface area (Å²) in [7, 11) is 0. The third-order valence-electron chi connectivity index (χ3n) is 3.10. The lowest BCUT2D eigenvalue weighted by molar-refractivity contribution is -0.181. The zero-order chi connectivity index (χ0) is 12.2. The lowest BCUT2D eigenvalue weighted by Crippen LogP contribution is -2.43. The molecule has 0 aromatic rings. The van der Waals surface area contributed by atoms with Gasteiger partial charge in [-0.1, -0.05) is 34.6 Å². The molecule has 1 rings (SSSR count). The molecule has 0 aromatic carbocycles. The summed E-state index contributed by atoms with van der Waals surface area (Å²) in [5.74, 6) is 0. The van der Waals surface area contributed by atoms with Crippen molar-refractivity contribution < 1.29 is 9.47 Å². The van der Waals surface area contributed by atoms with Crippen LogP contribution >= 0.6 is 0 Å². The Morgan fingerprint density at radius 1 is 1.12 bits per heavy atom. The molecule has 1 fully saturated rings. The van der Waals surface area contributed by atoms with Crippen LogP contribution in [0.1, 0.15) is 53.9 Å². The van der Waals surface area contributed by atoms with E-state index in [1.807, 2.05) is 0 Å². The van der Waals surface area contributed by atoms with Gasteiger partial charge in [0.15, 0.2) is 0 Å². The van der Waals surface area contributed by atoms with Crippen molar-refractivity contribution in [3.63, 3.8) is 0 Å². The molecule has 3 atom stereocenters. The topological polar surface area (TPSA) is 18.5 Å². The van der Waals surface area contributed by atoms with Crippen LogP contribution in [0.25, 0.3) is 0 Å². The number of hydrogen-bond donors (Lipinski definition) is 0. The summed E-state index contributed by atoms with van der Waals surface area (Å²) in [5.41, 5.74) is 0.267. The molecular formula is C14H27O2. The highest BCUT2D eigenvalue weighted by molar-refractivity contribution is 4.88. The van der Waals surface area contributed by atoms with Gasteiger partial charge in [0.2, 0.25) is 0 Å². The molecule has 0 spiro atoms. The largest absolute Gasteiger partial charge is 0.373 e. The number of ether oxygens (including phenoxy) is 2. The Labute approximate surface area is 101 Å². The molecule has 1 aliphatic rings. The van der Waals surface area contributed by atoms with E-state index >= 15 is 0 Å². The van der Waals surface area contributed by atoms with Gasteiger partial charge in [0.1, 0.15) is 0 Å². The van der Waals surface area contributed by atoms with Crippen LogP contribution in [-0.2, 0) is 9.47 Å². The predicted molar refractivity (Wildman–Crippen MR) is 67.4 cm³/mol. The first kappa shape index (κ1) is 14.0. The zero-order valence-electron chi connectivity index (χ0n) is 11.5. The van der Waals surface area contributed by atoms with Gasteiger partial charge >= 0.3 is 0 Å². The van der Waals surface area contributed by atoms with E-state index < -0.39 is 0 Å². The highest BCUT2D eigenvalue weighted by Crippen LogP contribution is 2.27. The second-order valence-corrected chi connectivity index (χ2v) is 5.79. The van der Waals surface area contributed by atoms with Crippen LogP contribution in [0.4, 0.5) is 0 Å². The van der Waals surface area contributed by atoms with Gasteiger partial charge < -0.3 is 9.47 Å². The van der Waals surface area contributed by atoms with E-state index in [2.05, 4.69) is 41.0 Å². The van der Waals surface area contributed by atoms with E-state index in [9.17, 15) is 0 Å². The van der Waals surface area contributed by atoms with E-state index in [4.69, 9.17) is 9.47 Å². The van der Waals surface area contributed by atoms with Crippen molar-refractivity contribution in [3.8, 4) is 0 Å². The van der Waals surface area contributed by atoms with Gasteiger partial charge in [-0.3, -0.25) is 0 Å². The van der Waals surface area contributed by atoms with Gasteiger partial charge in [-0.25, -0.2) is 0 Å². The van der Waals surface area contributed by atoms with Crippen molar-refractivity contribution in [2.24, 2.45) is 5.41 Å². The van der Waals surface area contributed by atoms with Crippen molar-refractivity contribution in [1.82, 2.24) is 0 Å². The van der Waals surface area contributed by atoms with Crippen molar-refractivity contribution in [3.05, 3.63) is 6.42 Å². The van der Waals surface area contributed by atoms with Crippen LogP contribution in [0.3, 0.4) is 0 Å². The standard InChI is InChI=1S/C14H27O2/c1-6-11-10-15-13(12(7-2)16-11)8-9-14(3,4)5/h9,11-13H,6-8,10H2,1-5H3. The predicted octanol–water partition coefficient (Wildman–Crippen LogP) is 3.60. The van der Waals surface area contributed by atoms with E-state index in [1.165, 1.54) is 0 Å². The highest BCUT2D eigenvalue weighted by atomic mass is 16.6. The van der Waals surface area contributed by atoms with Crippen molar-refractivity contribution >= 4 is 0 Å². The molecule has 1 aliphatic heterocycles. The maximum Gasteiger partial charge on any atom is 0.0841 e. The first-order valence-electron chi connectivity index (χ1n) is 6.57. The van der Waals surface area contributed by atoms with E-state index in [0.717, 1.165) is 25.9 Å². The summed E-state index contributed by atoms with van der Waals surface area (Å²) < 4.78 is 11.9. The fourth-order valence-corrected chi connectivity index (χ4v) is 1.98. The minimum absolute atomic E-state index is 0.257. The van der Waals surface area contributed by atoms with E-state index in [0.29, 0.717) is 6.10 Å². The Hall–Kier alpha value is -0.0800. The SMILES string of the molecule is CCC1COC(C[CH]C(C)(C)C)C(CC)O1. The summed E-state index contributed by atoms with van der Waals surface area (Å²) in [6.45, 7) is 11.8. The molecule has 0 aromatic heterocycles. The van der Waals surface area contributed by atoms with Crippen molar-refractivity contribution in [2.75, 3.05) is 6.61 Å². The molecule has 0 bridgehead atoms. The van der Waals surface area contributed by atoms with Gasteiger partial charge in [-0.05, 0) is 31.1 Å². The average molecular weight is 227 g/mol. The molecular weight excluding hydrogens is 200 g/mol. The summed E-state index contributed by atoms with van der Waals surface area (Å²) in [6.07, 6.45) is 6.26. The number of hydrogen-bond acceptors (Lipinski definition) is 2. The van der Waals surface area contributed by atoms with Crippen LogP contribution in [0.15, 0.2) is 0 Å². The second-order valence-electron chi connectivity index (χ2n) is 5.79. The maximum atomic E-state index is 6.02. The zero-order valence-corrected chi connectivity index (χ0v) is 11.5. The van der Waals surface area contributed by atoms with Crippen LogP contribution in [0.5, 0.6) is 0 Å². The average Bonchev–Trinajstić information content (AvgIpc) is 2.25. The molecule has 0 N–H and O–H groups in total. The Kier molecular flexibility index (Phi) is 5.26. The highest BCUT2D eigenvalue weighted by Gasteiger charge is 2.30. The lowest BCUT2D eigenvalue weighted by Gasteiger charge is -2.37. The van der Waals surface area contributed by atoms with E-state index in [1.54, 1.807) is 0 Å². The van der Waals surface area contributed by atoms with Crippen LogP contribution in [0, 0.1) is 11.8 Å². The first-order chi connectivity index (χ1) is 7.46. The van der Waals surface area contributed by atoms with Gasteiger partial charge in [0, 0.05) is 0 Å². The fourth-order valence-electron chi connectivity index (χ4n) is 1.98. The molecule has 1 heterocycles. The lowest BCUT2D eigenvalue weighted by atomic mass is 9.88. The molecule has 2 nitrogen and oxygen atoms in total. The second kappa shape index (κ2) is 6.02. The molecule has 0 aliphatic carbocycles. The number of rotatable bonds is 4. The van der Waals surface area contributed by atoms with Crippen molar-refractivity contribution in [1.29, 1.82) is 0 Å². The third kappa shape index (κ3) is 4.42.